The molecular weight excluding hydrogens is 190 g/mol. The average Bonchev–Trinajstić information content (AvgIpc) is 2.97. The van der Waals surface area contributed by atoms with Crippen molar-refractivity contribution in [3.8, 4) is 0 Å². The number of benzene rings is 1. The van der Waals surface area contributed by atoms with Gasteiger partial charge in [-0.25, -0.2) is 4.79 Å². The van der Waals surface area contributed by atoms with Crippen LogP contribution in [0, 0.1) is 6.92 Å². The molecule has 0 atom stereocenters. The van der Waals surface area contributed by atoms with E-state index in [1.54, 1.807) is 11.6 Å². The summed E-state index contributed by atoms with van der Waals surface area (Å²) in [5, 5.41) is 0. The molecule has 2 aromatic rings. The zero-order chi connectivity index (χ0) is 10.6. The van der Waals surface area contributed by atoms with Crippen molar-refractivity contribution in [1.29, 1.82) is 0 Å². The Bertz CT molecular complexity index is 587. The summed E-state index contributed by atoms with van der Waals surface area (Å²) < 4.78 is 6.89. The number of hydrogen-bond acceptors (Lipinski definition) is 2. The highest BCUT2D eigenvalue weighted by Gasteiger charge is 2.29. The van der Waals surface area contributed by atoms with E-state index in [0.717, 1.165) is 11.1 Å². The normalized spacial score (nSPS) is 16.1. The van der Waals surface area contributed by atoms with Crippen molar-refractivity contribution in [2.45, 2.75) is 25.7 Å². The lowest BCUT2D eigenvalue weighted by atomic mass is 10.0. The fraction of sp³-hybridized carbons (Fsp3) is 0.417. The van der Waals surface area contributed by atoms with Crippen LogP contribution in [0.25, 0.3) is 11.1 Å². The van der Waals surface area contributed by atoms with Crippen LogP contribution in [0.4, 0.5) is 0 Å². The molecule has 3 nitrogen and oxygen atoms in total. The van der Waals surface area contributed by atoms with Gasteiger partial charge < -0.3 is 4.42 Å². The van der Waals surface area contributed by atoms with E-state index in [4.69, 9.17) is 4.42 Å². The lowest BCUT2D eigenvalue weighted by Gasteiger charge is -2.03. The maximum atomic E-state index is 11.4. The van der Waals surface area contributed by atoms with Crippen molar-refractivity contribution in [3.05, 3.63) is 33.8 Å². The van der Waals surface area contributed by atoms with Crippen molar-refractivity contribution in [1.82, 2.24) is 4.57 Å². The lowest BCUT2D eigenvalue weighted by molar-refractivity contribution is 0.525. The van der Waals surface area contributed by atoms with Crippen molar-refractivity contribution in [2.75, 3.05) is 0 Å². The molecule has 0 N–H and O–H groups in total. The number of rotatable bonds is 1. The minimum Gasteiger partial charge on any atom is -0.407 e. The van der Waals surface area contributed by atoms with Crippen LogP contribution in [0.2, 0.25) is 0 Å². The van der Waals surface area contributed by atoms with Crippen molar-refractivity contribution >= 4 is 11.1 Å². The predicted octanol–water partition coefficient (Wildman–Crippen LogP) is 2.32. The Morgan fingerprint density at radius 1 is 1.40 bits per heavy atom. The Labute approximate surface area is 87.3 Å². The van der Waals surface area contributed by atoms with Gasteiger partial charge in [0, 0.05) is 12.6 Å². The van der Waals surface area contributed by atoms with E-state index in [-0.39, 0.29) is 5.76 Å². The molecule has 3 heteroatoms. The van der Waals surface area contributed by atoms with Crippen molar-refractivity contribution in [3.63, 3.8) is 0 Å². The molecule has 1 aliphatic rings. The van der Waals surface area contributed by atoms with Gasteiger partial charge in [-0.15, -0.1) is 0 Å². The van der Waals surface area contributed by atoms with E-state index < -0.39 is 0 Å². The molecule has 1 aliphatic carbocycles. The summed E-state index contributed by atoms with van der Waals surface area (Å²) in [4.78, 5) is 11.4. The van der Waals surface area contributed by atoms with E-state index >= 15 is 0 Å². The minimum absolute atomic E-state index is 0.266. The Morgan fingerprint density at radius 2 is 2.13 bits per heavy atom. The second kappa shape index (κ2) is 2.75. The van der Waals surface area contributed by atoms with E-state index in [1.165, 1.54) is 24.0 Å². The fourth-order valence-corrected chi connectivity index (χ4v) is 2.19. The minimum atomic E-state index is -0.266. The zero-order valence-electron chi connectivity index (χ0n) is 8.91. The summed E-state index contributed by atoms with van der Waals surface area (Å²) >= 11 is 0. The monoisotopic (exact) mass is 203 g/mol. The summed E-state index contributed by atoms with van der Waals surface area (Å²) in [7, 11) is 1.75. The molecule has 3 rings (SSSR count). The van der Waals surface area contributed by atoms with Gasteiger partial charge in [0.2, 0.25) is 0 Å². The molecule has 1 aromatic heterocycles. The van der Waals surface area contributed by atoms with Gasteiger partial charge in [-0.1, -0.05) is 6.07 Å². The number of aromatic nitrogens is 1. The quantitative estimate of drug-likeness (QED) is 0.713. The smallest absolute Gasteiger partial charge is 0.407 e. The molecule has 78 valence electrons. The summed E-state index contributed by atoms with van der Waals surface area (Å²) in [6.45, 7) is 2.08. The molecule has 0 amide bonds. The maximum Gasteiger partial charge on any atom is 0.419 e. The standard InChI is InChI=1S/C12H13NO2/c1-7-3-6-9-11(10(7)8-4-5-8)15-12(14)13(9)2/h3,6,8H,4-5H2,1-2H3. The van der Waals surface area contributed by atoms with Crippen LogP contribution in [0.3, 0.4) is 0 Å². The van der Waals surface area contributed by atoms with Crippen molar-refractivity contribution in [2.24, 2.45) is 7.05 Å². The molecule has 0 saturated heterocycles. The van der Waals surface area contributed by atoms with Crippen LogP contribution in [0.15, 0.2) is 21.3 Å². The Morgan fingerprint density at radius 3 is 2.80 bits per heavy atom. The zero-order valence-corrected chi connectivity index (χ0v) is 8.91. The number of nitrogens with zero attached hydrogens (tertiary/aromatic N) is 1. The summed E-state index contributed by atoms with van der Waals surface area (Å²) in [5.74, 6) is 0.344. The van der Waals surface area contributed by atoms with E-state index in [2.05, 4.69) is 13.0 Å². The Hall–Kier alpha value is -1.51. The van der Waals surface area contributed by atoms with Gasteiger partial charge in [-0.05, 0) is 37.3 Å². The highest BCUT2D eigenvalue weighted by atomic mass is 16.4. The topological polar surface area (TPSA) is 35.1 Å². The summed E-state index contributed by atoms with van der Waals surface area (Å²) in [5.41, 5.74) is 4.18. The SMILES string of the molecule is Cc1ccc2c(oc(=O)n2C)c1C1CC1. The molecule has 1 aromatic carbocycles. The van der Waals surface area contributed by atoms with Gasteiger partial charge in [0.25, 0.3) is 0 Å². The van der Waals surface area contributed by atoms with Crippen LogP contribution in [-0.2, 0) is 7.05 Å². The van der Waals surface area contributed by atoms with Gasteiger partial charge in [0.05, 0.1) is 5.52 Å². The van der Waals surface area contributed by atoms with Gasteiger partial charge in [0.15, 0.2) is 5.58 Å². The van der Waals surface area contributed by atoms with Crippen LogP contribution >= 0.6 is 0 Å². The first-order valence-corrected chi connectivity index (χ1v) is 5.27. The number of hydrogen-bond donors (Lipinski definition) is 0. The summed E-state index contributed by atoms with van der Waals surface area (Å²) in [6, 6.07) is 4.03. The molecule has 1 saturated carbocycles. The Kier molecular flexibility index (Phi) is 1.61. The number of fused-ring (bicyclic) bond motifs is 1. The molecule has 1 fully saturated rings. The molecule has 15 heavy (non-hydrogen) atoms. The summed E-state index contributed by atoms with van der Waals surface area (Å²) in [6.07, 6.45) is 2.44. The molecule has 1 heterocycles. The van der Waals surface area contributed by atoms with E-state index in [1.807, 2.05) is 6.07 Å². The molecular formula is C12H13NO2. The van der Waals surface area contributed by atoms with E-state index in [0.29, 0.717) is 5.92 Å². The molecule has 0 aliphatic heterocycles. The molecule has 0 radical (unpaired) electrons. The third-order valence-electron chi connectivity index (χ3n) is 3.20. The van der Waals surface area contributed by atoms with Gasteiger partial charge in [-0.3, -0.25) is 4.57 Å². The van der Waals surface area contributed by atoms with Crippen LogP contribution < -0.4 is 5.76 Å². The highest BCUT2D eigenvalue weighted by molar-refractivity contribution is 5.79. The molecule has 0 bridgehead atoms. The van der Waals surface area contributed by atoms with E-state index in [9.17, 15) is 4.79 Å². The predicted molar refractivity (Wildman–Crippen MR) is 58.2 cm³/mol. The van der Waals surface area contributed by atoms with Crippen LogP contribution in [-0.4, -0.2) is 4.57 Å². The largest absolute Gasteiger partial charge is 0.419 e. The second-order valence-corrected chi connectivity index (χ2v) is 4.35. The molecule has 0 spiro atoms. The van der Waals surface area contributed by atoms with Gasteiger partial charge in [-0.2, -0.15) is 0 Å². The first kappa shape index (κ1) is 8.77. The average molecular weight is 203 g/mol. The second-order valence-electron chi connectivity index (χ2n) is 4.35. The third kappa shape index (κ3) is 1.16. The number of oxazole rings is 1. The van der Waals surface area contributed by atoms with Crippen LogP contribution in [0.5, 0.6) is 0 Å². The first-order valence-electron chi connectivity index (χ1n) is 5.27. The first-order chi connectivity index (χ1) is 7.18. The third-order valence-corrected chi connectivity index (χ3v) is 3.20. The maximum absolute atomic E-state index is 11.4. The highest BCUT2D eigenvalue weighted by Crippen LogP contribution is 2.44. The Balaban J connectivity index is 2.44. The fourth-order valence-electron chi connectivity index (χ4n) is 2.19. The molecule has 0 unspecified atom stereocenters. The van der Waals surface area contributed by atoms with Gasteiger partial charge >= 0.3 is 5.76 Å². The number of aryl methyl sites for hydroxylation is 2. The lowest BCUT2D eigenvalue weighted by Crippen LogP contribution is -2.08. The van der Waals surface area contributed by atoms with Gasteiger partial charge in [0.1, 0.15) is 0 Å². The van der Waals surface area contributed by atoms with Crippen LogP contribution in [0.1, 0.15) is 29.9 Å². The van der Waals surface area contributed by atoms with Crippen molar-refractivity contribution < 1.29 is 4.42 Å².